The van der Waals surface area contributed by atoms with Crippen LogP contribution >= 0.6 is 0 Å². The summed E-state index contributed by atoms with van der Waals surface area (Å²) < 4.78 is 45.2. The van der Waals surface area contributed by atoms with Crippen LogP contribution in [0.1, 0.15) is 35.8 Å². The molecule has 0 aromatic carbocycles. The van der Waals surface area contributed by atoms with Crippen molar-refractivity contribution in [2.24, 2.45) is 11.8 Å². The quantitative estimate of drug-likeness (QED) is 0.814. The highest BCUT2D eigenvalue weighted by molar-refractivity contribution is 5.49. The topological polar surface area (TPSA) is 45.4 Å². The number of fused-ring (bicyclic) bond motifs is 1. The number of hydrogen-bond acceptors (Lipinski definition) is 5. The summed E-state index contributed by atoms with van der Waals surface area (Å²) in [5, 5.41) is 4.17. The number of halogens is 3. The molecule has 5 nitrogen and oxygen atoms in total. The zero-order valence-electron chi connectivity index (χ0n) is 14.8. The van der Waals surface area contributed by atoms with Gasteiger partial charge in [-0.15, -0.1) is 0 Å². The second kappa shape index (κ2) is 6.22. The van der Waals surface area contributed by atoms with Crippen LogP contribution in [0.15, 0.2) is 28.9 Å². The molecule has 2 atom stereocenters. The van der Waals surface area contributed by atoms with Crippen LogP contribution in [0.5, 0.6) is 0 Å². The summed E-state index contributed by atoms with van der Waals surface area (Å²) in [7, 11) is 0. The van der Waals surface area contributed by atoms with Gasteiger partial charge < -0.3 is 9.42 Å². The van der Waals surface area contributed by atoms with E-state index < -0.39 is 11.7 Å². The van der Waals surface area contributed by atoms with Gasteiger partial charge in [-0.3, -0.25) is 4.90 Å². The van der Waals surface area contributed by atoms with Crippen LogP contribution in [0.4, 0.5) is 19.0 Å². The molecule has 2 saturated heterocycles. The Hall–Kier alpha value is -2.09. The normalized spacial score (nSPS) is 26.0. The predicted octanol–water partition coefficient (Wildman–Crippen LogP) is 3.53. The lowest BCUT2D eigenvalue weighted by molar-refractivity contribution is -0.137. The molecule has 0 spiro atoms. The van der Waals surface area contributed by atoms with Gasteiger partial charge in [-0.1, -0.05) is 5.16 Å². The van der Waals surface area contributed by atoms with E-state index in [2.05, 4.69) is 21.1 Å². The second-order valence-corrected chi connectivity index (χ2v) is 7.99. The summed E-state index contributed by atoms with van der Waals surface area (Å²) in [6.07, 6.45) is -0.565. The van der Waals surface area contributed by atoms with Gasteiger partial charge in [-0.05, 0) is 36.8 Å². The Bertz CT molecular complexity index is 818. The molecule has 2 aliphatic heterocycles. The third-order valence-electron chi connectivity index (χ3n) is 5.90. The van der Waals surface area contributed by atoms with E-state index in [1.807, 2.05) is 0 Å². The first kappa shape index (κ1) is 17.0. The fraction of sp³-hybridized carbons (Fsp3) is 0.579. The lowest BCUT2D eigenvalue weighted by Gasteiger charge is -2.24. The van der Waals surface area contributed by atoms with Crippen LogP contribution in [-0.4, -0.2) is 41.2 Å². The third kappa shape index (κ3) is 3.31. The fourth-order valence-corrected chi connectivity index (χ4v) is 4.45. The largest absolute Gasteiger partial charge is 0.419 e. The minimum absolute atomic E-state index is 0.0662. The van der Waals surface area contributed by atoms with E-state index in [1.165, 1.54) is 25.1 Å². The minimum atomic E-state index is -4.38. The van der Waals surface area contributed by atoms with Crippen molar-refractivity contribution in [3.05, 3.63) is 41.4 Å². The van der Waals surface area contributed by atoms with Gasteiger partial charge in [0.15, 0.2) is 0 Å². The van der Waals surface area contributed by atoms with E-state index in [0.29, 0.717) is 30.8 Å². The second-order valence-electron chi connectivity index (χ2n) is 7.99. The third-order valence-corrected chi connectivity index (χ3v) is 5.90. The zero-order chi connectivity index (χ0) is 18.6. The lowest BCUT2D eigenvalue weighted by Crippen LogP contribution is -2.30. The number of hydrogen-bond donors (Lipinski definition) is 0. The molecule has 3 fully saturated rings. The Morgan fingerprint density at radius 3 is 2.52 bits per heavy atom. The number of pyridine rings is 1. The summed E-state index contributed by atoms with van der Waals surface area (Å²) in [5.41, 5.74) is 0.315. The van der Waals surface area contributed by atoms with Gasteiger partial charge in [-0.25, -0.2) is 4.98 Å². The maximum Gasteiger partial charge on any atom is 0.419 e. The Morgan fingerprint density at radius 2 is 1.85 bits per heavy atom. The zero-order valence-corrected chi connectivity index (χ0v) is 14.8. The maximum absolute atomic E-state index is 13.3. The van der Waals surface area contributed by atoms with Crippen molar-refractivity contribution in [2.45, 2.75) is 31.5 Å². The van der Waals surface area contributed by atoms with Crippen molar-refractivity contribution in [3.8, 4) is 0 Å². The van der Waals surface area contributed by atoms with Gasteiger partial charge in [0.25, 0.3) is 0 Å². The van der Waals surface area contributed by atoms with Crippen molar-refractivity contribution in [3.63, 3.8) is 0 Å². The fourth-order valence-electron chi connectivity index (χ4n) is 4.45. The molecular formula is C19H21F3N4O. The van der Waals surface area contributed by atoms with E-state index in [0.717, 1.165) is 37.2 Å². The van der Waals surface area contributed by atoms with Crippen molar-refractivity contribution < 1.29 is 17.7 Å². The van der Waals surface area contributed by atoms with Crippen LogP contribution in [0, 0.1) is 11.8 Å². The molecule has 4 heterocycles. The van der Waals surface area contributed by atoms with Crippen LogP contribution < -0.4 is 4.90 Å². The predicted molar refractivity (Wildman–Crippen MR) is 92.2 cm³/mol. The SMILES string of the molecule is FC(F)(F)c1cccnc1N1CC2CN(Cc3cc(C4CC4)on3)CC2C1. The number of nitrogens with zero attached hydrogens (tertiary/aromatic N) is 4. The number of rotatable bonds is 4. The van der Waals surface area contributed by atoms with Gasteiger partial charge >= 0.3 is 6.18 Å². The highest BCUT2D eigenvalue weighted by Crippen LogP contribution is 2.41. The average Bonchev–Trinajstić information content (AvgIpc) is 3.06. The standard InChI is InChI=1S/C19H21F3N4O/c20-19(21,22)16-2-1-5-23-18(16)26-9-13-7-25(8-14(13)10-26)11-15-6-17(27-24-15)12-3-4-12/h1-2,5-6,12-14H,3-4,7-11H2. The molecule has 2 unspecified atom stereocenters. The van der Waals surface area contributed by atoms with Gasteiger partial charge in [-0.2, -0.15) is 13.2 Å². The maximum atomic E-state index is 13.3. The van der Waals surface area contributed by atoms with Crippen LogP contribution in [0.2, 0.25) is 0 Å². The summed E-state index contributed by atoms with van der Waals surface area (Å²) in [6, 6.07) is 4.52. The van der Waals surface area contributed by atoms with Crippen molar-refractivity contribution in [1.82, 2.24) is 15.0 Å². The first-order valence-electron chi connectivity index (χ1n) is 9.42. The number of likely N-dealkylation sites (tertiary alicyclic amines) is 1. The molecule has 27 heavy (non-hydrogen) atoms. The van der Waals surface area contributed by atoms with Crippen LogP contribution in [0.3, 0.4) is 0 Å². The Morgan fingerprint density at radius 1 is 1.11 bits per heavy atom. The highest BCUT2D eigenvalue weighted by atomic mass is 19.4. The van der Waals surface area contributed by atoms with Crippen LogP contribution in [0.25, 0.3) is 0 Å². The van der Waals surface area contributed by atoms with E-state index in [9.17, 15) is 13.2 Å². The molecule has 8 heteroatoms. The molecule has 0 amide bonds. The summed E-state index contributed by atoms with van der Waals surface area (Å²) in [4.78, 5) is 8.18. The van der Waals surface area contributed by atoms with Crippen LogP contribution in [-0.2, 0) is 12.7 Å². The van der Waals surface area contributed by atoms with Crippen molar-refractivity contribution >= 4 is 5.82 Å². The molecule has 0 N–H and O–H groups in total. The molecular weight excluding hydrogens is 357 g/mol. The molecule has 2 aromatic rings. The van der Waals surface area contributed by atoms with Gasteiger partial charge in [0.05, 0.1) is 11.3 Å². The molecule has 3 aliphatic rings. The smallest absolute Gasteiger partial charge is 0.361 e. The molecule has 144 valence electrons. The van der Waals surface area contributed by atoms with Gasteiger partial charge in [0.2, 0.25) is 0 Å². The lowest BCUT2D eigenvalue weighted by atomic mass is 10.0. The molecule has 5 rings (SSSR count). The minimum Gasteiger partial charge on any atom is -0.361 e. The Kier molecular flexibility index (Phi) is 3.93. The number of anilines is 1. The van der Waals surface area contributed by atoms with E-state index in [-0.39, 0.29) is 5.82 Å². The van der Waals surface area contributed by atoms with Gasteiger partial charge in [0, 0.05) is 50.9 Å². The molecule has 0 radical (unpaired) electrons. The molecule has 0 bridgehead atoms. The van der Waals surface area contributed by atoms with Gasteiger partial charge in [0.1, 0.15) is 11.6 Å². The summed E-state index contributed by atoms with van der Waals surface area (Å²) in [6.45, 7) is 3.74. The number of aromatic nitrogens is 2. The van der Waals surface area contributed by atoms with Crippen molar-refractivity contribution in [1.29, 1.82) is 0 Å². The first-order chi connectivity index (χ1) is 13.0. The van der Waals surface area contributed by atoms with E-state index >= 15 is 0 Å². The Balaban J connectivity index is 1.23. The monoisotopic (exact) mass is 378 g/mol. The summed E-state index contributed by atoms with van der Waals surface area (Å²) in [5.74, 6) is 2.34. The van der Waals surface area contributed by atoms with Crippen molar-refractivity contribution in [2.75, 3.05) is 31.1 Å². The highest BCUT2D eigenvalue weighted by Gasteiger charge is 2.43. The number of alkyl halides is 3. The first-order valence-corrected chi connectivity index (χ1v) is 9.42. The average molecular weight is 378 g/mol. The molecule has 2 aromatic heterocycles. The molecule has 1 aliphatic carbocycles. The molecule has 1 saturated carbocycles. The van der Waals surface area contributed by atoms with E-state index in [1.54, 1.807) is 4.90 Å². The Labute approximate surface area is 155 Å². The van der Waals surface area contributed by atoms with E-state index in [4.69, 9.17) is 4.52 Å². The summed E-state index contributed by atoms with van der Waals surface area (Å²) >= 11 is 0.